The summed E-state index contributed by atoms with van der Waals surface area (Å²) >= 11 is 0. The second-order valence-electron chi connectivity index (χ2n) is 7.43. The van der Waals surface area contributed by atoms with Gasteiger partial charge in [0, 0.05) is 37.5 Å². The van der Waals surface area contributed by atoms with Gasteiger partial charge in [0.15, 0.2) is 5.96 Å². The summed E-state index contributed by atoms with van der Waals surface area (Å²) in [5.41, 5.74) is -0.125. The van der Waals surface area contributed by atoms with Crippen molar-refractivity contribution < 1.29 is 9.90 Å². The Morgan fingerprint density at radius 3 is 2.72 bits per heavy atom. The second kappa shape index (κ2) is 10.5. The highest BCUT2D eigenvalue weighted by Gasteiger charge is 2.35. The predicted octanol–water partition coefficient (Wildman–Crippen LogP) is 2.11. The fourth-order valence-electron chi connectivity index (χ4n) is 3.67. The normalized spacial score (nSPS) is 29.9. The molecule has 146 valence electrons. The van der Waals surface area contributed by atoms with E-state index in [4.69, 9.17) is 4.99 Å². The number of rotatable bonds is 5. The van der Waals surface area contributed by atoms with Gasteiger partial charge in [-0.15, -0.1) is 24.0 Å². The molecule has 0 spiro atoms. The predicted molar refractivity (Wildman–Crippen MR) is 112 cm³/mol. The van der Waals surface area contributed by atoms with Crippen molar-refractivity contribution >= 4 is 35.8 Å². The molecule has 0 aromatic carbocycles. The molecule has 3 unspecified atom stereocenters. The third-order valence-corrected chi connectivity index (χ3v) is 5.41. The summed E-state index contributed by atoms with van der Waals surface area (Å²) in [6, 6.07) is 0.252. The lowest BCUT2D eigenvalue weighted by Crippen LogP contribution is -2.46. The molecule has 1 amide bonds. The number of hydrogen-bond acceptors (Lipinski definition) is 3. The lowest BCUT2D eigenvalue weighted by atomic mass is 9.73. The number of aliphatic hydroxyl groups excluding tert-OH is 1. The molecule has 2 aliphatic rings. The van der Waals surface area contributed by atoms with Crippen molar-refractivity contribution in [1.82, 2.24) is 15.5 Å². The van der Waals surface area contributed by atoms with Crippen LogP contribution in [0.3, 0.4) is 0 Å². The quantitative estimate of drug-likeness (QED) is 0.330. The Labute approximate surface area is 169 Å². The molecule has 3 N–H and O–H groups in total. The van der Waals surface area contributed by atoms with Crippen LogP contribution in [0, 0.1) is 5.41 Å². The molecule has 25 heavy (non-hydrogen) atoms. The molecule has 0 aromatic heterocycles. The van der Waals surface area contributed by atoms with E-state index in [1.165, 1.54) is 6.42 Å². The molecular weight excluding hydrogens is 431 g/mol. The lowest BCUT2D eigenvalue weighted by molar-refractivity contribution is -0.129. The van der Waals surface area contributed by atoms with Crippen LogP contribution in [0.2, 0.25) is 0 Å². The van der Waals surface area contributed by atoms with Crippen molar-refractivity contribution in [3.05, 3.63) is 0 Å². The van der Waals surface area contributed by atoms with Gasteiger partial charge in [-0.1, -0.05) is 26.7 Å². The lowest BCUT2D eigenvalue weighted by Gasteiger charge is -2.37. The van der Waals surface area contributed by atoms with Crippen molar-refractivity contribution in [2.24, 2.45) is 10.4 Å². The first-order chi connectivity index (χ1) is 11.5. The number of carbonyl (C=O) groups excluding carboxylic acids is 1. The smallest absolute Gasteiger partial charge is 0.222 e. The van der Waals surface area contributed by atoms with Crippen molar-refractivity contribution in [1.29, 1.82) is 0 Å². The number of hydrogen-bond donors (Lipinski definition) is 3. The molecule has 0 aromatic rings. The Morgan fingerprint density at radius 2 is 2.08 bits per heavy atom. The van der Waals surface area contributed by atoms with E-state index in [0.717, 1.165) is 51.3 Å². The molecule has 0 radical (unpaired) electrons. The average Bonchev–Trinajstić information content (AvgIpc) is 3.04. The molecule has 7 heteroatoms. The molecule has 1 heterocycles. The van der Waals surface area contributed by atoms with Gasteiger partial charge in [-0.05, 0) is 26.2 Å². The first-order valence-corrected chi connectivity index (χ1v) is 9.49. The van der Waals surface area contributed by atoms with Crippen LogP contribution in [-0.2, 0) is 4.79 Å². The van der Waals surface area contributed by atoms with Gasteiger partial charge in [-0.25, -0.2) is 0 Å². The molecule has 2 rings (SSSR count). The first-order valence-electron chi connectivity index (χ1n) is 9.49. The Kier molecular flexibility index (Phi) is 9.48. The molecule has 1 aliphatic carbocycles. The van der Waals surface area contributed by atoms with E-state index < -0.39 is 0 Å². The van der Waals surface area contributed by atoms with E-state index in [1.54, 1.807) is 0 Å². The summed E-state index contributed by atoms with van der Waals surface area (Å²) in [4.78, 5) is 18.5. The first kappa shape index (κ1) is 22.5. The third kappa shape index (κ3) is 6.27. The van der Waals surface area contributed by atoms with Crippen LogP contribution in [0.15, 0.2) is 4.99 Å². The van der Waals surface area contributed by atoms with Crippen LogP contribution in [0.1, 0.15) is 59.3 Å². The van der Waals surface area contributed by atoms with Gasteiger partial charge in [0.1, 0.15) is 0 Å². The van der Waals surface area contributed by atoms with Crippen LogP contribution >= 0.6 is 24.0 Å². The van der Waals surface area contributed by atoms with Crippen molar-refractivity contribution in [2.75, 3.05) is 26.2 Å². The number of nitrogens with one attached hydrogen (secondary N) is 2. The molecule has 1 saturated carbocycles. The van der Waals surface area contributed by atoms with Crippen molar-refractivity contribution in [3.63, 3.8) is 0 Å². The number of aliphatic imine (C=N–C) groups is 1. The SMILES string of the molecule is CCNC(=NCC1(C)CCCCC1O)NC1CCN(C(=O)CC)C1.I. The number of nitrogens with zero attached hydrogens (tertiary/aromatic N) is 2. The third-order valence-electron chi connectivity index (χ3n) is 5.41. The zero-order valence-corrected chi connectivity index (χ0v) is 18.2. The van der Waals surface area contributed by atoms with Gasteiger partial charge in [0.25, 0.3) is 0 Å². The highest BCUT2D eigenvalue weighted by Crippen LogP contribution is 2.36. The monoisotopic (exact) mass is 466 g/mol. The standard InChI is InChI=1S/C18H34N4O2.HI/c1-4-16(24)22-11-9-14(12-22)21-17(19-5-2)20-13-18(3)10-7-6-8-15(18)23;/h14-15,23H,4-13H2,1-3H3,(H2,19,20,21);1H. The molecule has 3 atom stereocenters. The molecular formula is C18H35IN4O2. The largest absolute Gasteiger partial charge is 0.392 e. The topological polar surface area (TPSA) is 77.0 Å². The number of carbonyl (C=O) groups is 1. The van der Waals surface area contributed by atoms with Gasteiger partial charge < -0.3 is 20.6 Å². The molecule has 0 bridgehead atoms. The summed E-state index contributed by atoms with van der Waals surface area (Å²) in [6.07, 6.45) is 5.45. The maximum absolute atomic E-state index is 11.8. The van der Waals surface area contributed by atoms with Gasteiger partial charge in [0.2, 0.25) is 5.91 Å². The van der Waals surface area contributed by atoms with Gasteiger partial charge in [-0.2, -0.15) is 0 Å². The minimum Gasteiger partial charge on any atom is -0.392 e. The van der Waals surface area contributed by atoms with E-state index in [0.29, 0.717) is 13.0 Å². The summed E-state index contributed by atoms with van der Waals surface area (Å²) in [7, 11) is 0. The zero-order chi connectivity index (χ0) is 17.6. The Morgan fingerprint density at radius 1 is 1.32 bits per heavy atom. The number of aliphatic hydroxyl groups is 1. The fraction of sp³-hybridized carbons (Fsp3) is 0.889. The van der Waals surface area contributed by atoms with Crippen molar-refractivity contribution in [3.8, 4) is 0 Å². The number of amides is 1. The number of likely N-dealkylation sites (tertiary alicyclic amines) is 1. The summed E-state index contributed by atoms with van der Waals surface area (Å²) in [5.74, 6) is 1.02. The van der Waals surface area contributed by atoms with E-state index >= 15 is 0 Å². The molecule has 2 fully saturated rings. The summed E-state index contributed by atoms with van der Waals surface area (Å²) in [5, 5.41) is 17.1. The molecule has 1 saturated heterocycles. The van der Waals surface area contributed by atoms with Crippen molar-refractivity contribution in [2.45, 2.75) is 71.4 Å². The van der Waals surface area contributed by atoms with Crippen LogP contribution in [0.4, 0.5) is 0 Å². The Hall–Kier alpha value is -0.570. The maximum atomic E-state index is 11.8. The van der Waals surface area contributed by atoms with Crippen LogP contribution in [0.25, 0.3) is 0 Å². The summed E-state index contributed by atoms with van der Waals surface area (Å²) < 4.78 is 0. The average molecular weight is 466 g/mol. The van der Waals surface area contributed by atoms with E-state index in [2.05, 4.69) is 24.5 Å². The fourth-order valence-corrected chi connectivity index (χ4v) is 3.67. The Balaban J connectivity index is 0.00000312. The number of guanidine groups is 1. The summed E-state index contributed by atoms with van der Waals surface area (Å²) in [6.45, 7) is 9.10. The van der Waals surface area contributed by atoms with Crippen LogP contribution < -0.4 is 10.6 Å². The van der Waals surface area contributed by atoms with E-state index in [-0.39, 0.29) is 47.4 Å². The van der Waals surface area contributed by atoms with Crippen LogP contribution in [0.5, 0.6) is 0 Å². The highest BCUT2D eigenvalue weighted by atomic mass is 127. The van der Waals surface area contributed by atoms with E-state index in [1.807, 2.05) is 11.8 Å². The highest BCUT2D eigenvalue weighted by molar-refractivity contribution is 14.0. The number of halogens is 1. The maximum Gasteiger partial charge on any atom is 0.222 e. The van der Waals surface area contributed by atoms with Gasteiger partial charge in [0.05, 0.1) is 12.6 Å². The minimum atomic E-state index is -0.262. The molecule has 1 aliphatic heterocycles. The van der Waals surface area contributed by atoms with Gasteiger partial charge in [-0.3, -0.25) is 9.79 Å². The van der Waals surface area contributed by atoms with Crippen LogP contribution in [-0.4, -0.2) is 60.2 Å². The van der Waals surface area contributed by atoms with E-state index in [9.17, 15) is 9.90 Å². The minimum absolute atomic E-state index is 0. The Bertz CT molecular complexity index is 460. The molecule has 6 nitrogen and oxygen atoms in total. The zero-order valence-electron chi connectivity index (χ0n) is 15.9. The second-order valence-corrected chi connectivity index (χ2v) is 7.43. The van der Waals surface area contributed by atoms with Gasteiger partial charge >= 0.3 is 0 Å².